The second kappa shape index (κ2) is 8.42. The Hall–Kier alpha value is -1.89. The van der Waals surface area contributed by atoms with E-state index in [4.69, 9.17) is 11.6 Å². The zero-order valence-corrected chi connectivity index (χ0v) is 16.8. The van der Waals surface area contributed by atoms with E-state index in [0.29, 0.717) is 19.0 Å². The number of hydrogen-bond donors (Lipinski definition) is 1. The van der Waals surface area contributed by atoms with E-state index in [2.05, 4.69) is 16.9 Å². The largest absolute Gasteiger partial charge is 0.339 e. The molecule has 0 saturated carbocycles. The maximum Gasteiger partial charge on any atom is 0.255 e. The summed E-state index contributed by atoms with van der Waals surface area (Å²) in [5.74, 6) is 0.328. The minimum Gasteiger partial charge on any atom is -0.339 e. The molecule has 3 rings (SSSR count). The quantitative estimate of drug-likeness (QED) is 0.828. The van der Waals surface area contributed by atoms with Crippen LogP contribution < -0.4 is 4.72 Å². The van der Waals surface area contributed by atoms with Gasteiger partial charge >= 0.3 is 0 Å². The molecule has 1 N–H and O–H groups in total. The first-order valence-corrected chi connectivity index (χ1v) is 10.8. The Balaban J connectivity index is 1.68. The molecule has 0 unspecified atom stereocenters. The third kappa shape index (κ3) is 4.69. The van der Waals surface area contributed by atoms with Gasteiger partial charge in [0.25, 0.3) is 5.91 Å². The fraction of sp³-hybridized carbons (Fsp3) is 0.350. The first kappa shape index (κ1) is 19.9. The number of nitrogens with one attached hydrogen (secondary N) is 1. The molecular formula is C20H23ClN2O3S. The molecule has 1 aliphatic heterocycles. The minimum absolute atomic E-state index is 0.0386. The summed E-state index contributed by atoms with van der Waals surface area (Å²) in [6.07, 6.45) is 2.86. The van der Waals surface area contributed by atoms with Gasteiger partial charge in [-0.15, -0.1) is 0 Å². The van der Waals surface area contributed by atoms with Crippen molar-refractivity contribution < 1.29 is 13.2 Å². The Morgan fingerprint density at radius 1 is 1.15 bits per heavy atom. The van der Waals surface area contributed by atoms with Crippen LogP contribution in [0.1, 0.15) is 28.8 Å². The Labute approximate surface area is 165 Å². The number of nitrogens with zero attached hydrogens (tertiary/aromatic N) is 1. The molecule has 1 aliphatic rings. The Bertz CT molecular complexity index is 908. The van der Waals surface area contributed by atoms with E-state index >= 15 is 0 Å². The van der Waals surface area contributed by atoms with E-state index in [-0.39, 0.29) is 21.4 Å². The molecule has 0 aromatic heterocycles. The molecule has 0 bridgehead atoms. The smallest absolute Gasteiger partial charge is 0.255 e. The number of rotatable bonds is 5. The van der Waals surface area contributed by atoms with Gasteiger partial charge in [-0.05, 0) is 56.0 Å². The second-order valence-corrected chi connectivity index (χ2v) is 9.07. The number of benzene rings is 2. The Morgan fingerprint density at radius 2 is 1.81 bits per heavy atom. The van der Waals surface area contributed by atoms with E-state index < -0.39 is 10.0 Å². The average molecular weight is 407 g/mol. The van der Waals surface area contributed by atoms with Gasteiger partial charge in [-0.3, -0.25) is 4.79 Å². The van der Waals surface area contributed by atoms with Crippen LogP contribution in [0.15, 0.2) is 53.4 Å². The zero-order chi connectivity index (χ0) is 19.4. The van der Waals surface area contributed by atoms with Crippen molar-refractivity contribution in [3.8, 4) is 0 Å². The van der Waals surface area contributed by atoms with Crippen molar-refractivity contribution in [3.63, 3.8) is 0 Å². The lowest BCUT2D eigenvalue weighted by Gasteiger charge is -2.32. The summed E-state index contributed by atoms with van der Waals surface area (Å²) in [6, 6.07) is 14.6. The molecule has 0 spiro atoms. The topological polar surface area (TPSA) is 66.5 Å². The van der Waals surface area contributed by atoms with Crippen molar-refractivity contribution in [2.45, 2.75) is 24.2 Å². The van der Waals surface area contributed by atoms with Gasteiger partial charge in [0, 0.05) is 13.1 Å². The predicted molar refractivity (Wildman–Crippen MR) is 106 cm³/mol. The summed E-state index contributed by atoms with van der Waals surface area (Å²) in [6.45, 7) is 1.30. The fourth-order valence-electron chi connectivity index (χ4n) is 3.41. The molecule has 1 fully saturated rings. The van der Waals surface area contributed by atoms with Crippen molar-refractivity contribution in [2.24, 2.45) is 5.92 Å². The molecule has 5 nitrogen and oxygen atoms in total. The van der Waals surface area contributed by atoms with Crippen LogP contribution in [-0.2, 0) is 16.4 Å². The van der Waals surface area contributed by atoms with E-state index in [9.17, 15) is 13.2 Å². The van der Waals surface area contributed by atoms with Crippen molar-refractivity contribution in [3.05, 3.63) is 64.7 Å². The van der Waals surface area contributed by atoms with Gasteiger partial charge in [-0.25, -0.2) is 13.1 Å². The monoisotopic (exact) mass is 406 g/mol. The molecule has 1 saturated heterocycles. The van der Waals surface area contributed by atoms with E-state index in [1.54, 1.807) is 4.90 Å². The van der Waals surface area contributed by atoms with E-state index in [1.807, 2.05) is 18.2 Å². The van der Waals surface area contributed by atoms with Gasteiger partial charge in [-0.2, -0.15) is 0 Å². The lowest BCUT2D eigenvalue weighted by molar-refractivity contribution is 0.0690. The van der Waals surface area contributed by atoms with E-state index in [1.165, 1.54) is 30.8 Å². The number of carbonyl (C=O) groups excluding carboxylic acids is 1. The molecule has 1 heterocycles. The Morgan fingerprint density at radius 3 is 2.44 bits per heavy atom. The summed E-state index contributed by atoms with van der Waals surface area (Å²) in [4.78, 5) is 14.7. The third-order valence-corrected chi connectivity index (χ3v) is 6.76. The minimum atomic E-state index is -3.62. The molecule has 2 aromatic rings. The molecule has 1 amide bonds. The van der Waals surface area contributed by atoms with Crippen molar-refractivity contribution in [1.82, 2.24) is 9.62 Å². The second-order valence-electron chi connectivity index (χ2n) is 6.77. The number of halogens is 1. The fourth-order valence-corrected chi connectivity index (χ4v) is 4.37. The van der Waals surface area contributed by atoms with Crippen LogP contribution in [0.5, 0.6) is 0 Å². The number of hydrogen-bond acceptors (Lipinski definition) is 3. The lowest BCUT2D eigenvalue weighted by atomic mass is 9.90. The van der Waals surface area contributed by atoms with Crippen LogP contribution in [0.25, 0.3) is 0 Å². The van der Waals surface area contributed by atoms with Gasteiger partial charge in [0.05, 0.1) is 15.5 Å². The van der Waals surface area contributed by atoms with Gasteiger partial charge in [-0.1, -0.05) is 41.9 Å². The number of piperidine rings is 1. The van der Waals surface area contributed by atoms with Crippen LogP contribution in [0.4, 0.5) is 0 Å². The van der Waals surface area contributed by atoms with Crippen molar-refractivity contribution >= 4 is 27.5 Å². The van der Waals surface area contributed by atoms with Crippen LogP contribution >= 0.6 is 11.6 Å². The molecule has 0 aliphatic carbocycles. The lowest BCUT2D eigenvalue weighted by Crippen LogP contribution is -2.39. The normalized spacial score (nSPS) is 15.7. The maximum absolute atomic E-state index is 12.9. The van der Waals surface area contributed by atoms with Gasteiger partial charge in [0.15, 0.2) is 0 Å². The molecule has 0 radical (unpaired) electrons. The maximum atomic E-state index is 12.9. The number of amides is 1. The molecule has 0 atom stereocenters. The third-order valence-electron chi connectivity index (χ3n) is 5.02. The highest BCUT2D eigenvalue weighted by Gasteiger charge is 2.26. The highest BCUT2D eigenvalue weighted by molar-refractivity contribution is 7.89. The van der Waals surface area contributed by atoms with Crippen molar-refractivity contribution in [1.29, 1.82) is 0 Å². The van der Waals surface area contributed by atoms with Crippen molar-refractivity contribution in [2.75, 3.05) is 20.1 Å². The summed E-state index contributed by atoms with van der Waals surface area (Å²) < 4.78 is 26.3. The summed E-state index contributed by atoms with van der Waals surface area (Å²) in [5, 5.41) is 0.265. The molecule has 27 heavy (non-hydrogen) atoms. The molecule has 144 valence electrons. The van der Waals surface area contributed by atoms with Crippen LogP contribution in [-0.4, -0.2) is 39.4 Å². The number of likely N-dealkylation sites (tertiary alicyclic amines) is 1. The van der Waals surface area contributed by atoms with Crippen LogP contribution in [0.3, 0.4) is 0 Å². The molecular weight excluding hydrogens is 384 g/mol. The standard InChI is InChI=1S/C20H23ClN2O3S/c1-22-27(25,26)17-7-8-19(21)18(14-17)20(24)23-11-9-16(10-12-23)13-15-5-3-2-4-6-15/h2-8,14,16,22H,9-13H2,1H3. The molecule has 2 aromatic carbocycles. The SMILES string of the molecule is CNS(=O)(=O)c1ccc(Cl)c(C(=O)N2CCC(Cc3ccccc3)CC2)c1. The first-order chi connectivity index (χ1) is 12.9. The van der Waals surface area contributed by atoms with Crippen LogP contribution in [0.2, 0.25) is 5.02 Å². The van der Waals surface area contributed by atoms with Crippen LogP contribution in [0, 0.1) is 5.92 Å². The summed E-state index contributed by atoms with van der Waals surface area (Å²) >= 11 is 6.18. The highest BCUT2D eigenvalue weighted by Crippen LogP contribution is 2.26. The van der Waals surface area contributed by atoms with E-state index in [0.717, 1.165) is 19.3 Å². The average Bonchev–Trinajstić information content (AvgIpc) is 2.69. The zero-order valence-electron chi connectivity index (χ0n) is 15.2. The summed E-state index contributed by atoms with van der Waals surface area (Å²) in [7, 11) is -2.29. The predicted octanol–water partition coefficient (Wildman–Crippen LogP) is 3.34. The van der Waals surface area contributed by atoms with Gasteiger partial charge < -0.3 is 4.90 Å². The number of sulfonamides is 1. The van der Waals surface area contributed by atoms with Gasteiger partial charge in [0.2, 0.25) is 10.0 Å². The van der Waals surface area contributed by atoms with Gasteiger partial charge in [0.1, 0.15) is 0 Å². The number of carbonyl (C=O) groups is 1. The Kier molecular flexibility index (Phi) is 6.19. The first-order valence-electron chi connectivity index (χ1n) is 8.97. The highest BCUT2D eigenvalue weighted by atomic mass is 35.5. The molecule has 7 heteroatoms. The summed E-state index contributed by atoms with van der Waals surface area (Å²) in [5.41, 5.74) is 1.55.